The zero-order valence-electron chi connectivity index (χ0n) is 14.7. The van der Waals surface area contributed by atoms with Gasteiger partial charge < -0.3 is 18.6 Å². The molecule has 4 aromatic rings. The number of methoxy groups -OCH3 is 2. The third-order valence-electron chi connectivity index (χ3n) is 3.80. The van der Waals surface area contributed by atoms with Crippen molar-refractivity contribution >= 4 is 29.0 Å². The molecule has 0 unspecified atom stereocenters. The third kappa shape index (κ3) is 3.65. The molecule has 0 saturated heterocycles. The molecule has 0 atom stereocenters. The number of oxazole rings is 1. The van der Waals surface area contributed by atoms with E-state index in [2.05, 4.69) is 19.7 Å². The number of hydrogen-bond donors (Lipinski definition) is 1. The Balaban J connectivity index is 1.53. The molecule has 0 aliphatic carbocycles. The van der Waals surface area contributed by atoms with Crippen LogP contribution in [0.25, 0.3) is 22.7 Å². The number of aromatic nitrogens is 3. The molecule has 1 N–H and O–H groups in total. The number of benzene rings is 1. The molecule has 1 aromatic carbocycles. The predicted molar refractivity (Wildman–Crippen MR) is 104 cm³/mol. The van der Waals surface area contributed by atoms with Crippen LogP contribution in [0.2, 0.25) is 0 Å². The van der Waals surface area contributed by atoms with Gasteiger partial charge in [0, 0.05) is 22.9 Å². The highest BCUT2D eigenvalue weighted by molar-refractivity contribution is 8.00. The van der Waals surface area contributed by atoms with Crippen LogP contribution in [-0.2, 0) is 0 Å². The van der Waals surface area contributed by atoms with Gasteiger partial charge in [0.15, 0.2) is 22.7 Å². The van der Waals surface area contributed by atoms with E-state index in [-0.39, 0.29) is 0 Å². The predicted octanol–water partition coefficient (Wildman–Crippen LogP) is 4.42. The summed E-state index contributed by atoms with van der Waals surface area (Å²) < 4.78 is 19.6. The molecule has 0 spiro atoms. The lowest BCUT2D eigenvalue weighted by Gasteiger charge is -2.10. The molecule has 0 amide bonds. The second kappa shape index (κ2) is 7.55. The molecule has 3 aromatic heterocycles. The molecule has 0 fully saturated rings. The molecule has 7 nitrogen and oxygen atoms in total. The van der Waals surface area contributed by atoms with Crippen LogP contribution in [0.5, 0.6) is 11.5 Å². The summed E-state index contributed by atoms with van der Waals surface area (Å²) in [6.07, 6.45) is 3.39. The number of fused-ring (bicyclic) bond motifs is 1. The molecular weight excluding hydrogens is 364 g/mol. The minimum absolute atomic E-state index is 0.505. The maximum atomic E-state index is 5.76. The van der Waals surface area contributed by atoms with Crippen molar-refractivity contribution < 1.29 is 13.9 Å². The van der Waals surface area contributed by atoms with Gasteiger partial charge in [0.1, 0.15) is 5.82 Å². The maximum absolute atomic E-state index is 5.76. The SMILES string of the molecule is COc1ccc(SNc2cc(-c3nc4ncccc4o3)ccn2)cc1OC. The average molecular weight is 380 g/mol. The first kappa shape index (κ1) is 17.2. The molecule has 27 heavy (non-hydrogen) atoms. The van der Waals surface area contributed by atoms with Crippen LogP contribution >= 0.6 is 11.9 Å². The van der Waals surface area contributed by atoms with E-state index in [1.54, 1.807) is 26.6 Å². The second-order valence-electron chi connectivity index (χ2n) is 5.49. The van der Waals surface area contributed by atoms with Gasteiger partial charge in [-0.3, -0.25) is 0 Å². The number of nitrogens with one attached hydrogen (secondary N) is 1. The van der Waals surface area contributed by atoms with Gasteiger partial charge in [-0.1, -0.05) is 0 Å². The quantitative estimate of drug-likeness (QED) is 0.492. The standard InChI is InChI=1S/C19H16N4O3S/c1-24-14-6-5-13(11-16(14)25-2)27-23-17-10-12(7-9-20-17)19-22-18-15(26-19)4-3-8-21-18/h3-11H,1-2H3,(H,20,23). The minimum Gasteiger partial charge on any atom is -0.493 e. The Morgan fingerprint density at radius 2 is 1.85 bits per heavy atom. The Morgan fingerprint density at radius 3 is 2.67 bits per heavy atom. The van der Waals surface area contributed by atoms with Gasteiger partial charge in [-0.15, -0.1) is 0 Å². The lowest BCUT2D eigenvalue weighted by atomic mass is 10.2. The van der Waals surface area contributed by atoms with Gasteiger partial charge in [-0.25, -0.2) is 9.97 Å². The maximum Gasteiger partial charge on any atom is 0.229 e. The van der Waals surface area contributed by atoms with E-state index in [4.69, 9.17) is 13.9 Å². The Bertz CT molecular complexity index is 1050. The Morgan fingerprint density at radius 1 is 0.963 bits per heavy atom. The molecular formula is C19H16N4O3S. The zero-order valence-corrected chi connectivity index (χ0v) is 15.5. The number of pyridine rings is 2. The first-order valence-electron chi connectivity index (χ1n) is 8.09. The number of ether oxygens (including phenoxy) is 2. The van der Waals surface area contributed by atoms with E-state index in [1.807, 2.05) is 42.5 Å². The van der Waals surface area contributed by atoms with E-state index in [9.17, 15) is 0 Å². The van der Waals surface area contributed by atoms with Crippen molar-refractivity contribution in [2.75, 3.05) is 18.9 Å². The monoisotopic (exact) mass is 380 g/mol. The van der Waals surface area contributed by atoms with Crippen molar-refractivity contribution in [2.45, 2.75) is 4.90 Å². The highest BCUT2D eigenvalue weighted by Gasteiger charge is 2.10. The fraction of sp³-hybridized carbons (Fsp3) is 0.105. The summed E-state index contributed by atoms with van der Waals surface area (Å²) in [7, 11) is 3.22. The van der Waals surface area contributed by atoms with Crippen LogP contribution in [-0.4, -0.2) is 29.2 Å². The van der Waals surface area contributed by atoms with Crippen LogP contribution < -0.4 is 14.2 Å². The van der Waals surface area contributed by atoms with Gasteiger partial charge >= 0.3 is 0 Å². The van der Waals surface area contributed by atoms with E-state index in [1.165, 1.54) is 11.9 Å². The largest absolute Gasteiger partial charge is 0.493 e. The van der Waals surface area contributed by atoms with Gasteiger partial charge in [0.05, 0.1) is 14.2 Å². The number of rotatable bonds is 6. The Labute approximate surface area is 159 Å². The molecule has 3 heterocycles. The second-order valence-corrected chi connectivity index (χ2v) is 6.37. The van der Waals surface area contributed by atoms with Crippen molar-refractivity contribution in [2.24, 2.45) is 0 Å². The lowest BCUT2D eigenvalue weighted by Crippen LogP contribution is -1.93. The highest BCUT2D eigenvalue weighted by atomic mass is 32.2. The lowest BCUT2D eigenvalue weighted by molar-refractivity contribution is 0.354. The van der Waals surface area contributed by atoms with E-state index >= 15 is 0 Å². The summed E-state index contributed by atoms with van der Waals surface area (Å²) in [6.45, 7) is 0. The molecule has 0 radical (unpaired) electrons. The van der Waals surface area contributed by atoms with Crippen molar-refractivity contribution in [3.8, 4) is 23.0 Å². The van der Waals surface area contributed by atoms with E-state index in [0.717, 1.165) is 10.5 Å². The average Bonchev–Trinajstić information content (AvgIpc) is 3.16. The summed E-state index contributed by atoms with van der Waals surface area (Å²) in [5.74, 6) is 2.55. The first-order valence-corrected chi connectivity index (χ1v) is 8.91. The summed E-state index contributed by atoms with van der Waals surface area (Å²) in [6, 6.07) is 13.1. The number of anilines is 1. The summed E-state index contributed by atoms with van der Waals surface area (Å²) in [4.78, 5) is 13.9. The molecule has 0 bridgehead atoms. The zero-order chi connectivity index (χ0) is 18.6. The van der Waals surface area contributed by atoms with E-state index < -0.39 is 0 Å². The smallest absolute Gasteiger partial charge is 0.229 e. The molecule has 8 heteroatoms. The summed E-state index contributed by atoms with van der Waals surface area (Å²) in [5, 5.41) is 0. The fourth-order valence-corrected chi connectivity index (χ4v) is 3.14. The third-order valence-corrected chi connectivity index (χ3v) is 4.60. The normalized spacial score (nSPS) is 10.7. The number of hydrogen-bond acceptors (Lipinski definition) is 8. The Hall–Kier alpha value is -3.26. The van der Waals surface area contributed by atoms with Crippen molar-refractivity contribution in [3.63, 3.8) is 0 Å². The van der Waals surface area contributed by atoms with Crippen LogP contribution in [0.4, 0.5) is 5.82 Å². The van der Waals surface area contributed by atoms with Gasteiger partial charge in [0.25, 0.3) is 0 Å². The van der Waals surface area contributed by atoms with Gasteiger partial charge in [-0.2, -0.15) is 4.98 Å². The summed E-state index contributed by atoms with van der Waals surface area (Å²) >= 11 is 1.42. The fourth-order valence-electron chi connectivity index (χ4n) is 2.50. The number of nitrogens with zero attached hydrogens (tertiary/aromatic N) is 3. The molecule has 0 aliphatic rings. The van der Waals surface area contributed by atoms with Crippen molar-refractivity contribution in [1.82, 2.24) is 15.0 Å². The van der Waals surface area contributed by atoms with Crippen LogP contribution in [0.1, 0.15) is 0 Å². The van der Waals surface area contributed by atoms with Crippen LogP contribution in [0, 0.1) is 0 Å². The molecule has 4 rings (SSSR count). The highest BCUT2D eigenvalue weighted by Crippen LogP contribution is 2.32. The molecule has 0 saturated carbocycles. The van der Waals surface area contributed by atoms with Gasteiger partial charge in [-0.05, 0) is 54.4 Å². The van der Waals surface area contributed by atoms with E-state index in [0.29, 0.717) is 34.4 Å². The first-order chi connectivity index (χ1) is 13.3. The van der Waals surface area contributed by atoms with Crippen LogP contribution in [0.3, 0.4) is 0 Å². The topological polar surface area (TPSA) is 82.3 Å². The van der Waals surface area contributed by atoms with Crippen LogP contribution in [0.15, 0.2) is 64.2 Å². The summed E-state index contributed by atoms with van der Waals surface area (Å²) in [5.41, 5.74) is 2.05. The minimum atomic E-state index is 0.505. The Kier molecular flexibility index (Phi) is 4.80. The molecule has 0 aliphatic heterocycles. The van der Waals surface area contributed by atoms with Crippen molar-refractivity contribution in [1.29, 1.82) is 0 Å². The molecule has 136 valence electrons. The van der Waals surface area contributed by atoms with Gasteiger partial charge in [0.2, 0.25) is 5.89 Å². The van der Waals surface area contributed by atoms with Crippen molar-refractivity contribution in [3.05, 3.63) is 54.9 Å².